The van der Waals surface area contributed by atoms with Crippen LogP contribution in [-0.4, -0.2) is 17.5 Å². The Morgan fingerprint density at radius 1 is 1.05 bits per heavy atom. The first-order chi connectivity index (χ1) is 9.88. The summed E-state index contributed by atoms with van der Waals surface area (Å²) in [6.07, 6.45) is 10.1. The summed E-state index contributed by atoms with van der Waals surface area (Å²) in [6, 6.07) is 0. The van der Waals surface area contributed by atoms with Crippen LogP contribution in [0.4, 0.5) is 0 Å². The van der Waals surface area contributed by atoms with Crippen molar-refractivity contribution in [3.05, 3.63) is 0 Å². The molecule has 3 aliphatic carbocycles. The largest absolute Gasteiger partial charge is 0.393 e. The van der Waals surface area contributed by atoms with Gasteiger partial charge in [-0.25, -0.2) is 0 Å². The van der Waals surface area contributed by atoms with Gasteiger partial charge in [0, 0.05) is 5.92 Å². The third-order valence-corrected chi connectivity index (χ3v) is 7.51. The third-order valence-electron chi connectivity index (χ3n) is 7.51. The van der Waals surface area contributed by atoms with Crippen molar-refractivity contribution in [1.82, 2.24) is 0 Å². The minimum absolute atomic E-state index is 0.0873. The number of hydrogen-bond acceptors (Lipinski definition) is 2. The number of rotatable bonds is 1. The average molecular weight is 292 g/mol. The second kappa shape index (κ2) is 5.37. The minimum Gasteiger partial charge on any atom is -0.393 e. The predicted molar refractivity (Wildman–Crippen MR) is 84.9 cm³/mol. The zero-order valence-electron chi connectivity index (χ0n) is 14.0. The molecule has 3 saturated carbocycles. The Labute approximate surface area is 129 Å². The molecule has 120 valence electrons. The van der Waals surface area contributed by atoms with E-state index in [4.69, 9.17) is 0 Å². The van der Waals surface area contributed by atoms with Crippen LogP contribution in [0.2, 0.25) is 0 Å². The number of aliphatic hydroxyl groups is 1. The van der Waals surface area contributed by atoms with Crippen molar-refractivity contribution in [1.29, 1.82) is 0 Å². The molecule has 0 radical (unpaired) electrons. The van der Waals surface area contributed by atoms with E-state index in [1.807, 2.05) is 0 Å². The molecule has 2 nitrogen and oxygen atoms in total. The maximum atomic E-state index is 11.2. The van der Waals surface area contributed by atoms with E-state index in [0.717, 1.165) is 25.0 Å². The van der Waals surface area contributed by atoms with E-state index in [9.17, 15) is 9.90 Å². The molecule has 0 aromatic rings. The molecule has 2 heteroatoms. The number of carbonyl (C=O) groups excluding carboxylic acids is 1. The topological polar surface area (TPSA) is 37.3 Å². The summed E-state index contributed by atoms with van der Waals surface area (Å²) in [5, 5.41) is 10.7. The van der Waals surface area contributed by atoms with Gasteiger partial charge in [0.2, 0.25) is 0 Å². The molecule has 3 fully saturated rings. The van der Waals surface area contributed by atoms with Crippen molar-refractivity contribution in [2.45, 2.75) is 78.2 Å². The molecule has 1 N–H and O–H groups in total. The lowest BCUT2D eigenvalue weighted by Gasteiger charge is -2.60. The average Bonchev–Trinajstić information content (AvgIpc) is 2.58. The lowest BCUT2D eigenvalue weighted by atomic mass is 9.45. The fraction of sp³-hybridized carbons (Fsp3) is 0.947. The van der Waals surface area contributed by atoms with Gasteiger partial charge in [-0.1, -0.05) is 27.2 Å². The van der Waals surface area contributed by atoms with Crippen molar-refractivity contribution < 1.29 is 9.90 Å². The van der Waals surface area contributed by atoms with Gasteiger partial charge < -0.3 is 9.90 Å². The fourth-order valence-electron chi connectivity index (χ4n) is 6.50. The molecule has 6 atom stereocenters. The van der Waals surface area contributed by atoms with Crippen molar-refractivity contribution in [3.63, 3.8) is 0 Å². The van der Waals surface area contributed by atoms with E-state index < -0.39 is 0 Å². The van der Waals surface area contributed by atoms with E-state index >= 15 is 0 Å². The summed E-state index contributed by atoms with van der Waals surface area (Å²) in [5.41, 5.74) is 0.822. The molecular formula is C19H32O2. The van der Waals surface area contributed by atoms with Gasteiger partial charge in [0.15, 0.2) is 0 Å². The van der Waals surface area contributed by atoms with E-state index in [-0.39, 0.29) is 12.0 Å². The molecule has 3 rings (SSSR count). The third kappa shape index (κ3) is 2.48. The van der Waals surface area contributed by atoms with Crippen LogP contribution < -0.4 is 0 Å². The highest BCUT2D eigenvalue weighted by molar-refractivity contribution is 5.53. The van der Waals surface area contributed by atoms with Crippen LogP contribution in [0.5, 0.6) is 0 Å². The first-order valence-electron chi connectivity index (χ1n) is 9.02. The van der Waals surface area contributed by atoms with Gasteiger partial charge in [-0.2, -0.15) is 0 Å². The number of aliphatic hydroxyl groups excluding tert-OH is 1. The second-order valence-electron chi connectivity index (χ2n) is 9.02. The summed E-state index contributed by atoms with van der Waals surface area (Å²) in [4.78, 5) is 11.2. The van der Waals surface area contributed by atoms with Crippen molar-refractivity contribution in [3.8, 4) is 0 Å². The van der Waals surface area contributed by atoms with Crippen LogP contribution in [0.15, 0.2) is 0 Å². The normalized spacial score (nSPS) is 49.6. The van der Waals surface area contributed by atoms with E-state index in [2.05, 4.69) is 20.8 Å². The lowest BCUT2D eigenvalue weighted by Crippen LogP contribution is -2.53. The van der Waals surface area contributed by atoms with Gasteiger partial charge in [0.05, 0.1) is 6.10 Å². The number of fused-ring (bicyclic) bond motifs is 3. The molecule has 0 heterocycles. The van der Waals surface area contributed by atoms with Gasteiger partial charge in [0.1, 0.15) is 6.29 Å². The highest BCUT2D eigenvalue weighted by atomic mass is 16.3. The molecule has 0 amide bonds. The zero-order valence-corrected chi connectivity index (χ0v) is 14.0. The number of hydrogen-bond donors (Lipinski definition) is 1. The molecule has 3 aliphatic rings. The van der Waals surface area contributed by atoms with Gasteiger partial charge in [-0.15, -0.1) is 0 Å². The Morgan fingerprint density at radius 3 is 2.52 bits per heavy atom. The fourth-order valence-corrected chi connectivity index (χ4v) is 6.50. The lowest BCUT2D eigenvalue weighted by molar-refractivity contribution is -0.120. The Morgan fingerprint density at radius 2 is 1.81 bits per heavy atom. The summed E-state index contributed by atoms with van der Waals surface area (Å²) >= 11 is 0. The molecule has 0 spiro atoms. The van der Waals surface area contributed by atoms with Crippen molar-refractivity contribution in [2.24, 2.45) is 34.5 Å². The van der Waals surface area contributed by atoms with Crippen LogP contribution in [0.1, 0.15) is 72.1 Å². The first kappa shape index (κ1) is 15.5. The molecule has 0 aliphatic heterocycles. The maximum Gasteiger partial charge on any atom is 0.123 e. The summed E-state index contributed by atoms with van der Waals surface area (Å²) in [5.74, 6) is 1.94. The standard InChI is InChI=1S/C19H32O2/c1-18(2)9-4-10-19(3)15-7-5-13(12-20)11-16(21)14(15)6-8-17(18)19/h12-17,21H,4-11H2,1-3H3. The monoisotopic (exact) mass is 292 g/mol. The van der Waals surface area contributed by atoms with Crippen LogP contribution >= 0.6 is 0 Å². The smallest absolute Gasteiger partial charge is 0.123 e. The number of aldehydes is 1. The summed E-state index contributed by atoms with van der Waals surface area (Å²) < 4.78 is 0. The van der Waals surface area contributed by atoms with Crippen LogP contribution in [0.25, 0.3) is 0 Å². The highest BCUT2D eigenvalue weighted by Gasteiger charge is 2.56. The Kier molecular flexibility index (Phi) is 3.97. The Hall–Kier alpha value is -0.370. The minimum atomic E-state index is -0.254. The van der Waals surface area contributed by atoms with Crippen LogP contribution in [0, 0.1) is 34.5 Å². The predicted octanol–water partition coefficient (Wildman–Crippen LogP) is 4.21. The molecular weight excluding hydrogens is 260 g/mol. The Balaban J connectivity index is 1.91. The van der Waals surface area contributed by atoms with Gasteiger partial charge >= 0.3 is 0 Å². The van der Waals surface area contributed by atoms with Gasteiger partial charge in [0.25, 0.3) is 0 Å². The van der Waals surface area contributed by atoms with Crippen molar-refractivity contribution in [2.75, 3.05) is 0 Å². The summed E-state index contributed by atoms with van der Waals surface area (Å²) in [6.45, 7) is 7.41. The molecule has 6 unspecified atom stereocenters. The zero-order chi connectivity index (χ0) is 15.3. The molecule has 0 aromatic carbocycles. The van der Waals surface area contributed by atoms with Crippen molar-refractivity contribution >= 4 is 6.29 Å². The molecule has 0 bridgehead atoms. The van der Waals surface area contributed by atoms with E-state index in [1.165, 1.54) is 32.1 Å². The van der Waals surface area contributed by atoms with Crippen LogP contribution in [-0.2, 0) is 4.79 Å². The van der Waals surface area contributed by atoms with Gasteiger partial charge in [-0.3, -0.25) is 0 Å². The Bertz CT molecular complexity index is 402. The first-order valence-corrected chi connectivity index (χ1v) is 9.02. The highest BCUT2D eigenvalue weighted by Crippen LogP contribution is 2.63. The molecule has 21 heavy (non-hydrogen) atoms. The molecule has 0 saturated heterocycles. The second-order valence-corrected chi connectivity index (χ2v) is 9.02. The van der Waals surface area contributed by atoms with Gasteiger partial charge in [-0.05, 0) is 73.5 Å². The SMILES string of the molecule is CC1(C)CCCC2(C)C3CCC(C=O)CC(O)C3CCC12. The summed E-state index contributed by atoms with van der Waals surface area (Å²) in [7, 11) is 0. The van der Waals surface area contributed by atoms with Crippen LogP contribution in [0.3, 0.4) is 0 Å². The maximum absolute atomic E-state index is 11.2. The number of carbonyl (C=O) groups is 1. The quantitative estimate of drug-likeness (QED) is 0.735. The molecule has 0 aromatic heterocycles. The van der Waals surface area contributed by atoms with E-state index in [0.29, 0.717) is 29.1 Å². The van der Waals surface area contributed by atoms with E-state index in [1.54, 1.807) is 0 Å².